The highest BCUT2D eigenvalue weighted by atomic mass is 16.5. The van der Waals surface area contributed by atoms with E-state index in [4.69, 9.17) is 4.74 Å². The average molecular weight is 224 g/mol. The van der Waals surface area contributed by atoms with Crippen LogP contribution in [0.5, 0.6) is 11.5 Å². The summed E-state index contributed by atoms with van der Waals surface area (Å²) in [5.74, 6) is 1.47. The molecule has 0 saturated heterocycles. The first-order valence-electron chi connectivity index (χ1n) is 5.27. The van der Waals surface area contributed by atoms with Gasteiger partial charge in [-0.1, -0.05) is 24.8 Å². The van der Waals surface area contributed by atoms with Crippen LogP contribution in [0.1, 0.15) is 15.9 Å². The van der Waals surface area contributed by atoms with Crippen LogP contribution in [0.3, 0.4) is 0 Å². The van der Waals surface area contributed by atoms with Crippen LogP contribution in [-0.4, -0.2) is 6.29 Å². The maximum atomic E-state index is 10.5. The number of hydrogen-bond donors (Lipinski definition) is 0. The van der Waals surface area contributed by atoms with Crippen molar-refractivity contribution in [3.63, 3.8) is 0 Å². The summed E-state index contributed by atoms with van der Waals surface area (Å²) in [7, 11) is 0. The fourth-order valence-electron chi connectivity index (χ4n) is 1.42. The van der Waals surface area contributed by atoms with Gasteiger partial charge in [0.25, 0.3) is 0 Å². The van der Waals surface area contributed by atoms with E-state index in [0.717, 1.165) is 17.6 Å². The lowest BCUT2D eigenvalue weighted by Crippen LogP contribution is -1.85. The molecule has 0 aromatic heterocycles. The first kappa shape index (κ1) is 11.1. The highest BCUT2D eigenvalue weighted by molar-refractivity contribution is 5.74. The van der Waals surface area contributed by atoms with Gasteiger partial charge < -0.3 is 4.74 Å². The number of carbonyl (C=O) groups is 1. The SMILES string of the molecule is C=Cc1ccc(Oc2ccc(C=O)cc2)cc1. The topological polar surface area (TPSA) is 26.3 Å². The highest BCUT2D eigenvalue weighted by Gasteiger charge is 1.97. The summed E-state index contributed by atoms with van der Waals surface area (Å²) in [5.41, 5.74) is 1.69. The Hall–Kier alpha value is -2.35. The molecule has 0 unspecified atom stereocenters. The molecule has 0 bridgehead atoms. The molecule has 0 aliphatic heterocycles. The molecule has 0 N–H and O–H groups in total. The zero-order valence-electron chi connectivity index (χ0n) is 9.30. The third kappa shape index (κ3) is 2.82. The minimum Gasteiger partial charge on any atom is -0.457 e. The van der Waals surface area contributed by atoms with E-state index >= 15 is 0 Å². The molecule has 0 radical (unpaired) electrons. The highest BCUT2D eigenvalue weighted by Crippen LogP contribution is 2.21. The van der Waals surface area contributed by atoms with Gasteiger partial charge in [-0.05, 0) is 42.0 Å². The predicted octanol–water partition coefficient (Wildman–Crippen LogP) is 3.93. The van der Waals surface area contributed by atoms with E-state index in [1.807, 2.05) is 24.3 Å². The molecular formula is C15H12O2. The summed E-state index contributed by atoms with van der Waals surface area (Å²) < 4.78 is 5.63. The number of aldehydes is 1. The Labute approximate surface area is 100 Å². The second-order valence-electron chi connectivity index (χ2n) is 3.56. The molecule has 2 nitrogen and oxygen atoms in total. The standard InChI is InChI=1S/C15H12O2/c1-2-12-3-7-14(8-4-12)17-15-9-5-13(11-16)6-10-15/h2-11H,1H2. The lowest BCUT2D eigenvalue weighted by Gasteiger charge is -2.05. The normalized spacial score (nSPS) is 9.65. The van der Waals surface area contributed by atoms with E-state index in [1.165, 1.54) is 0 Å². The number of hydrogen-bond acceptors (Lipinski definition) is 2. The van der Waals surface area contributed by atoms with E-state index in [1.54, 1.807) is 30.3 Å². The van der Waals surface area contributed by atoms with Gasteiger partial charge in [0.1, 0.15) is 17.8 Å². The molecule has 2 heteroatoms. The van der Waals surface area contributed by atoms with Crippen molar-refractivity contribution in [1.29, 1.82) is 0 Å². The van der Waals surface area contributed by atoms with E-state index in [9.17, 15) is 4.79 Å². The quantitative estimate of drug-likeness (QED) is 0.735. The molecule has 0 atom stereocenters. The van der Waals surface area contributed by atoms with Crippen LogP contribution in [0.15, 0.2) is 55.1 Å². The van der Waals surface area contributed by atoms with Crippen molar-refractivity contribution < 1.29 is 9.53 Å². The Bertz CT molecular complexity index is 460. The Morgan fingerprint density at radius 1 is 0.824 bits per heavy atom. The molecule has 17 heavy (non-hydrogen) atoms. The maximum absolute atomic E-state index is 10.5. The van der Waals surface area contributed by atoms with Gasteiger partial charge in [0.15, 0.2) is 0 Å². The Kier molecular flexibility index (Phi) is 3.36. The molecule has 0 heterocycles. The summed E-state index contributed by atoms with van der Waals surface area (Å²) in [4.78, 5) is 10.5. The van der Waals surface area contributed by atoms with Crippen LogP contribution in [0.25, 0.3) is 6.08 Å². The molecule has 0 spiro atoms. The van der Waals surface area contributed by atoms with Crippen molar-refractivity contribution in [3.05, 3.63) is 66.2 Å². The summed E-state index contributed by atoms with van der Waals surface area (Å²) in [6, 6.07) is 14.6. The molecule has 2 aromatic rings. The fourth-order valence-corrected chi connectivity index (χ4v) is 1.42. The van der Waals surface area contributed by atoms with Crippen LogP contribution in [-0.2, 0) is 0 Å². The molecular weight excluding hydrogens is 212 g/mol. The summed E-state index contributed by atoms with van der Waals surface area (Å²) in [6.07, 6.45) is 2.59. The van der Waals surface area contributed by atoms with Crippen molar-refractivity contribution >= 4 is 12.4 Å². The van der Waals surface area contributed by atoms with Gasteiger partial charge in [-0.15, -0.1) is 0 Å². The van der Waals surface area contributed by atoms with Crippen molar-refractivity contribution in [1.82, 2.24) is 0 Å². The molecule has 84 valence electrons. The number of rotatable bonds is 4. The van der Waals surface area contributed by atoms with Gasteiger partial charge in [-0.25, -0.2) is 0 Å². The summed E-state index contributed by atoms with van der Waals surface area (Å²) in [5, 5.41) is 0. The van der Waals surface area contributed by atoms with Gasteiger partial charge >= 0.3 is 0 Å². The van der Waals surface area contributed by atoms with Gasteiger partial charge in [-0.2, -0.15) is 0 Å². The second kappa shape index (κ2) is 5.12. The van der Waals surface area contributed by atoms with Crippen molar-refractivity contribution in [2.45, 2.75) is 0 Å². The zero-order chi connectivity index (χ0) is 12.1. The van der Waals surface area contributed by atoms with Crippen molar-refractivity contribution in [2.75, 3.05) is 0 Å². The molecule has 0 amide bonds. The van der Waals surface area contributed by atoms with E-state index in [2.05, 4.69) is 6.58 Å². The minimum atomic E-state index is 0.638. The van der Waals surface area contributed by atoms with Gasteiger partial charge in [-0.3, -0.25) is 4.79 Å². The van der Waals surface area contributed by atoms with E-state index in [-0.39, 0.29) is 0 Å². The van der Waals surface area contributed by atoms with E-state index in [0.29, 0.717) is 11.3 Å². The van der Waals surface area contributed by atoms with E-state index < -0.39 is 0 Å². The first-order valence-corrected chi connectivity index (χ1v) is 5.27. The van der Waals surface area contributed by atoms with Crippen LogP contribution >= 0.6 is 0 Å². The Morgan fingerprint density at radius 2 is 1.29 bits per heavy atom. The van der Waals surface area contributed by atoms with Crippen LogP contribution < -0.4 is 4.74 Å². The van der Waals surface area contributed by atoms with Crippen LogP contribution in [0, 0.1) is 0 Å². The average Bonchev–Trinajstić information content (AvgIpc) is 2.40. The predicted molar refractivity (Wildman–Crippen MR) is 68.4 cm³/mol. The van der Waals surface area contributed by atoms with Crippen LogP contribution in [0.4, 0.5) is 0 Å². The number of benzene rings is 2. The Morgan fingerprint density at radius 3 is 1.71 bits per heavy atom. The lowest BCUT2D eigenvalue weighted by atomic mass is 10.2. The third-order valence-corrected chi connectivity index (χ3v) is 2.37. The minimum absolute atomic E-state index is 0.638. The Balaban J connectivity index is 2.13. The van der Waals surface area contributed by atoms with Crippen LogP contribution in [0.2, 0.25) is 0 Å². The van der Waals surface area contributed by atoms with Crippen molar-refractivity contribution in [3.8, 4) is 11.5 Å². The first-order chi connectivity index (χ1) is 8.31. The molecule has 2 aromatic carbocycles. The van der Waals surface area contributed by atoms with Gasteiger partial charge in [0.2, 0.25) is 0 Å². The molecule has 0 fully saturated rings. The lowest BCUT2D eigenvalue weighted by molar-refractivity contribution is 0.112. The number of carbonyl (C=O) groups excluding carboxylic acids is 1. The maximum Gasteiger partial charge on any atom is 0.150 e. The third-order valence-electron chi connectivity index (χ3n) is 2.37. The fraction of sp³-hybridized carbons (Fsp3) is 0. The summed E-state index contributed by atoms with van der Waals surface area (Å²) >= 11 is 0. The molecule has 2 rings (SSSR count). The zero-order valence-corrected chi connectivity index (χ0v) is 9.30. The molecule has 0 saturated carbocycles. The second-order valence-corrected chi connectivity index (χ2v) is 3.56. The van der Waals surface area contributed by atoms with Gasteiger partial charge in [0, 0.05) is 5.56 Å². The largest absolute Gasteiger partial charge is 0.457 e. The molecule has 0 aliphatic rings. The monoisotopic (exact) mass is 224 g/mol. The summed E-state index contributed by atoms with van der Waals surface area (Å²) in [6.45, 7) is 3.69. The number of ether oxygens (including phenoxy) is 1. The smallest absolute Gasteiger partial charge is 0.150 e. The van der Waals surface area contributed by atoms with Gasteiger partial charge in [0.05, 0.1) is 0 Å². The van der Waals surface area contributed by atoms with Crippen molar-refractivity contribution in [2.24, 2.45) is 0 Å². The molecule has 0 aliphatic carbocycles.